The molecule has 0 saturated carbocycles. The van der Waals surface area contributed by atoms with Crippen molar-refractivity contribution in [2.24, 2.45) is 5.73 Å². The van der Waals surface area contributed by atoms with Gasteiger partial charge in [-0.2, -0.15) is 13.2 Å². The number of aliphatic hydroxyl groups excluding tert-OH is 1. The van der Waals surface area contributed by atoms with E-state index in [1.807, 2.05) is 0 Å². The third kappa shape index (κ3) is 4.89. The molecule has 3 N–H and O–H groups in total. The van der Waals surface area contributed by atoms with Gasteiger partial charge in [-0.3, -0.25) is 0 Å². The zero-order chi connectivity index (χ0) is 14.6. The van der Waals surface area contributed by atoms with Crippen LogP contribution in [0.3, 0.4) is 0 Å². The van der Waals surface area contributed by atoms with Crippen molar-refractivity contribution >= 4 is 17.3 Å². The molecular formula is C12H16ClF3N2O. The molecule has 0 saturated heterocycles. The number of nitrogens with zero attached hydrogens (tertiary/aromatic N) is 1. The van der Waals surface area contributed by atoms with Crippen LogP contribution in [0.2, 0.25) is 5.02 Å². The van der Waals surface area contributed by atoms with Gasteiger partial charge in [-0.15, -0.1) is 0 Å². The van der Waals surface area contributed by atoms with Gasteiger partial charge in [0.05, 0.1) is 6.61 Å². The lowest BCUT2D eigenvalue weighted by Gasteiger charge is -2.26. The maximum absolute atomic E-state index is 12.4. The van der Waals surface area contributed by atoms with E-state index < -0.39 is 12.7 Å². The summed E-state index contributed by atoms with van der Waals surface area (Å²) in [6.07, 6.45) is -4.35. The van der Waals surface area contributed by atoms with Crippen molar-refractivity contribution in [1.82, 2.24) is 0 Å². The number of hydrogen-bond donors (Lipinski definition) is 2. The second-order valence-corrected chi connectivity index (χ2v) is 4.66. The fourth-order valence-corrected chi connectivity index (χ4v) is 2.07. The average Bonchev–Trinajstić information content (AvgIpc) is 2.26. The fraction of sp³-hybridized carbons (Fsp3) is 0.500. The lowest BCUT2D eigenvalue weighted by molar-refractivity contribution is -0.119. The first-order valence-electron chi connectivity index (χ1n) is 5.72. The Labute approximate surface area is 114 Å². The van der Waals surface area contributed by atoms with Gasteiger partial charge in [0, 0.05) is 23.3 Å². The Balaban J connectivity index is 3.00. The van der Waals surface area contributed by atoms with Crippen molar-refractivity contribution in [3.63, 3.8) is 0 Å². The van der Waals surface area contributed by atoms with Crippen LogP contribution in [0, 0.1) is 0 Å². The van der Waals surface area contributed by atoms with Crippen LogP contribution in [0.1, 0.15) is 18.5 Å². The molecule has 7 heteroatoms. The minimum absolute atomic E-state index is 0.118. The molecule has 0 radical (unpaired) electrons. The molecule has 0 aromatic heterocycles. The molecular weight excluding hydrogens is 281 g/mol. The van der Waals surface area contributed by atoms with Crippen LogP contribution < -0.4 is 10.6 Å². The monoisotopic (exact) mass is 296 g/mol. The van der Waals surface area contributed by atoms with Gasteiger partial charge in [0.25, 0.3) is 0 Å². The van der Waals surface area contributed by atoms with Gasteiger partial charge in [-0.05, 0) is 24.6 Å². The van der Waals surface area contributed by atoms with E-state index in [-0.39, 0.29) is 19.2 Å². The van der Waals surface area contributed by atoms with E-state index in [4.69, 9.17) is 22.4 Å². The Bertz CT molecular complexity index is 424. The summed E-state index contributed by atoms with van der Waals surface area (Å²) < 4.78 is 37.3. The largest absolute Gasteiger partial charge is 0.405 e. The van der Waals surface area contributed by atoms with Crippen molar-refractivity contribution in [3.05, 3.63) is 28.8 Å². The van der Waals surface area contributed by atoms with E-state index >= 15 is 0 Å². The zero-order valence-corrected chi connectivity index (χ0v) is 11.2. The Morgan fingerprint density at radius 2 is 2.05 bits per heavy atom. The molecule has 0 bridgehead atoms. The SMILES string of the molecule is CC(N)c1ccc(N(CCO)CC(F)(F)F)cc1Cl. The summed E-state index contributed by atoms with van der Waals surface area (Å²) in [6, 6.07) is 4.26. The van der Waals surface area contributed by atoms with E-state index in [0.29, 0.717) is 16.3 Å². The van der Waals surface area contributed by atoms with Crippen LogP contribution in [0.5, 0.6) is 0 Å². The minimum Gasteiger partial charge on any atom is -0.395 e. The van der Waals surface area contributed by atoms with Crippen molar-refractivity contribution in [3.8, 4) is 0 Å². The van der Waals surface area contributed by atoms with E-state index in [1.165, 1.54) is 12.1 Å². The third-order valence-electron chi connectivity index (χ3n) is 2.58. The molecule has 19 heavy (non-hydrogen) atoms. The van der Waals surface area contributed by atoms with Crippen LogP contribution in [0.15, 0.2) is 18.2 Å². The Morgan fingerprint density at radius 3 is 2.47 bits per heavy atom. The molecule has 1 rings (SSSR count). The molecule has 0 heterocycles. The van der Waals surface area contributed by atoms with Crippen molar-refractivity contribution in [2.45, 2.75) is 19.1 Å². The molecule has 1 aromatic rings. The van der Waals surface area contributed by atoms with Crippen LogP contribution in [0.4, 0.5) is 18.9 Å². The zero-order valence-electron chi connectivity index (χ0n) is 10.4. The first kappa shape index (κ1) is 16.1. The van der Waals surface area contributed by atoms with Crippen LogP contribution in [-0.4, -0.2) is 31.0 Å². The van der Waals surface area contributed by atoms with Crippen molar-refractivity contribution in [2.75, 3.05) is 24.6 Å². The average molecular weight is 297 g/mol. The normalized spacial score (nSPS) is 13.4. The summed E-state index contributed by atoms with van der Waals surface area (Å²) >= 11 is 5.99. The van der Waals surface area contributed by atoms with E-state index in [1.54, 1.807) is 13.0 Å². The molecule has 1 aromatic carbocycles. The smallest absolute Gasteiger partial charge is 0.395 e. The minimum atomic E-state index is -4.35. The highest BCUT2D eigenvalue weighted by molar-refractivity contribution is 6.31. The van der Waals surface area contributed by atoms with Gasteiger partial charge in [0.15, 0.2) is 0 Å². The van der Waals surface area contributed by atoms with Crippen LogP contribution in [-0.2, 0) is 0 Å². The highest BCUT2D eigenvalue weighted by Gasteiger charge is 2.30. The lowest BCUT2D eigenvalue weighted by atomic mass is 10.1. The van der Waals surface area contributed by atoms with Gasteiger partial charge in [-0.25, -0.2) is 0 Å². The topological polar surface area (TPSA) is 49.5 Å². The van der Waals surface area contributed by atoms with E-state index in [0.717, 1.165) is 4.90 Å². The van der Waals surface area contributed by atoms with Gasteiger partial charge >= 0.3 is 6.18 Å². The predicted molar refractivity (Wildman–Crippen MR) is 69.4 cm³/mol. The first-order chi connectivity index (χ1) is 8.74. The fourth-order valence-electron chi connectivity index (χ4n) is 1.72. The van der Waals surface area contributed by atoms with Crippen molar-refractivity contribution < 1.29 is 18.3 Å². The molecule has 0 aliphatic carbocycles. The maximum atomic E-state index is 12.4. The Morgan fingerprint density at radius 1 is 1.42 bits per heavy atom. The number of benzene rings is 1. The quantitative estimate of drug-likeness (QED) is 0.878. The third-order valence-corrected chi connectivity index (χ3v) is 2.91. The summed E-state index contributed by atoms with van der Waals surface area (Å²) in [6.45, 7) is 0.111. The first-order valence-corrected chi connectivity index (χ1v) is 6.10. The molecule has 108 valence electrons. The summed E-state index contributed by atoms with van der Waals surface area (Å²) in [5.74, 6) is 0. The highest BCUT2D eigenvalue weighted by Crippen LogP contribution is 2.28. The second kappa shape index (κ2) is 6.45. The Kier molecular flexibility index (Phi) is 5.46. The van der Waals surface area contributed by atoms with Crippen LogP contribution in [0.25, 0.3) is 0 Å². The molecule has 0 aliphatic heterocycles. The number of hydrogen-bond acceptors (Lipinski definition) is 3. The molecule has 0 amide bonds. The van der Waals surface area contributed by atoms with Gasteiger partial charge < -0.3 is 15.7 Å². The lowest BCUT2D eigenvalue weighted by Crippen LogP contribution is -2.36. The molecule has 1 unspecified atom stereocenters. The molecule has 0 aliphatic rings. The highest BCUT2D eigenvalue weighted by atomic mass is 35.5. The number of alkyl halides is 3. The number of nitrogens with two attached hydrogens (primary N) is 1. The number of aliphatic hydroxyl groups is 1. The molecule has 0 spiro atoms. The van der Waals surface area contributed by atoms with Crippen LogP contribution >= 0.6 is 11.6 Å². The molecule has 1 atom stereocenters. The van der Waals surface area contributed by atoms with Crippen molar-refractivity contribution in [1.29, 1.82) is 0 Å². The van der Waals surface area contributed by atoms with E-state index in [2.05, 4.69) is 0 Å². The molecule has 0 fully saturated rings. The van der Waals surface area contributed by atoms with Gasteiger partial charge in [-0.1, -0.05) is 17.7 Å². The number of anilines is 1. The van der Waals surface area contributed by atoms with Gasteiger partial charge in [0.1, 0.15) is 6.54 Å². The summed E-state index contributed by atoms with van der Waals surface area (Å²) in [4.78, 5) is 1.02. The summed E-state index contributed by atoms with van der Waals surface area (Å²) in [7, 11) is 0. The number of rotatable bonds is 5. The van der Waals surface area contributed by atoms with E-state index in [9.17, 15) is 13.2 Å². The summed E-state index contributed by atoms with van der Waals surface area (Å²) in [5.41, 5.74) is 6.66. The Hall–Kier alpha value is -0.980. The standard InChI is InChI=1S/C12H16ClF3N2O/c1-8(17)10-3-2-9(6-11(10)13)18(4-5-19)7-12(14,15)16/h2-3,6,8,19H,4-5,7,17H2,1H3. The molecule has 3 nitrogen and oxygen atoms in total. The summed E-state index contributed by atoms with van der Waals surface area (Å²) in [5, 5.41) is 9.16. The second-order valence-electron chi connectivity index (χ2n) is 4.25. The predicted octanol–water partition coefficient (Wildman–Crippen LogP) is 2.72. The number of halogens is 4. The van der Waals surface area contributed by atoms with Gasteiger partial charge in [0.2, 0.25) is 0 Å². The maximum Gasteiger partial charge on any atom is 0.405 e.